The van der Waals surface area contributed by atoms with Gasteiger partial charge in [0, 0.05) is 11.1 Å². The maximum atomic E-state index is 12.2. The van der Waals surface area contributed by atoms with E-state index in [4.69, 9.17) is 9.39 Å². The highest BCUT2D eigenvalue weighted by Crippen LogP contribution is 2.17. The van der Waals surface area contributed by atoms with Gasteiger partial charge >= 0.3 is 10.1 Å². The van der Waals surface area contributed by atoms with E-state index < -0.39 is 15.9 Å². The van der Waals surface area contributed by atoms with Crippen LogP contribution in [-0.4, -0.2) is 30.9 Å². The van der Waals surface area contributed by atoms with Gasteiger partial charge in [0.05, 0.1) is 5.71 Å². The molecule has 0 spiro atoms. The van der Waals surface area contributed by atoms with E-state index in [1.807, 2.05) is 6.07 Å². The number of oxime groups is 1. The Morgan fingerprint density at radius 3 is 2.17 bits per heavy atom. The lowest BCUT2D eigenvalue weighted by Gasteiger charge is -2.07. The Labute approximate surface area is 134 Å². The first-order valence-corrected chi connectivity index (χ1v) is 8.28. The largest absolute Gasteiger partial charge is 0.411 e. The Bertz CT molecular complexity index is 811. The van der Waals surface area contributed by atoms with E-state index in [0.29, 0.717) is 11.1 Å². The summed E-state index contributed by atoms with van der Waals surface area (Å²) in [5.41, 5.74) is 0.985. The van der Waals surface area contributed by atoms with E-state index in [1.54, 1.807) is 24.3 Å². The van der Waals surface area contributed by atoms with Crippen LogP contribution in [-0.2, 0) is 10.1 Å². The van der Waals surface area contributed by atoms with E-state index in [9.17, 15) is 13.2 Å². The first-order chi connectivity index (χ1) is 10.9. The lowest BCUT2D eigenvalue weighted by Crippen LogP contribution is -2.19. The third kappa shape index (κ3) is 4.65. The minimum Gasteiger partial charge on any atom is -0.411 e. The third-order valence-corrected chi connectivity index (χ3v) is 4.15. The van der Waals surface area contributed by atoms with Crippen molar-refractivity contribution in [2.24, 2.45) is 5.16 Å². The molecule has 0 aliphatic rings. The zero-order valence-corrected chi connectivity index (χ0v) is 13.2. The van der Waals surface area contributed by atoms with Gasteiger partial charge in [0.2, 0.25) is 0 Å². The highest BCUT2D eigenvalue weighted by Gasteiger charge is 2.16. The molecule has 0 radical (unpaired) electrons. The zero-order valence-electron chi connectivity index (χ0n) is 12.3. The van der Waals surface area contributed by atoms with E-state index in [-0.39, 0.29) is 17.2 Å². The highest BCUT2D eigenvalue weighted by molar-refractivity contribution is 7.87. The molecule has 2 rings (SSSR count). The lowest BCUT2D eigenvalue weighted by molar-refractivity contribution is 0.103. The van der Waals surface area contributed by atoms with E-state index in [0.717, 1.165) is 0 Å². The molecule has 0 aliphatic heterocycles. The second kappa shape index (κ2) is 7.06. The van der Waals surface area contributed by atoms with Crippen molar-refractivity contribution >= 4 is 21.6 Å². The first kappa shape index (κ1) is 16.7. The van der Waals surface area contributed by atoms with Gasteiger partial charge in [0.1, 0.15) is 11.5 Å². The summed E-state index contributed by atoms with van der Waals surface area (Å²) in [5, 5.41) is 11.3. The smallest absolute Gasteiger partial charge is 0.314 e. The number of rotatable bonds is 6. The number of carbonyl (C=O) groups is 1. The monoisotopic (exact) mass is 333 g/mol. The molecule has 0 unspecified atom stereocenters. The van der Waals surface area contributed by atoms with Crippen LogP contribution >= 0.6 is 0 Å². The number of hydrogen-bond acceptors (Lipinski definition) is 6. The second-order valence-corrected chi connectivity index (χ2v) is 6.41. The van der Waals surface area contributed by atoms with Gasteiger partial charge in [-0.1, -0.05) is 35.5 Å². The van der Waals surface area contributed by atoms with Crippen molar-refractivity contribution in [3.05, 3.63) is 65.7 Å². The summed E-state index contributed by atoms with van der Waals surface area (Å²) >= 11 is 0. The summed E-state index contributed by atoms with van der Waals surface area (Å²) in [5.74, 6) is -0.600. The summed E-state index contributed by atoms with van der Waals surface area (Å²) in [6, 6.07) is 14.5. The molecule has 0 heterocycles. The SMILES string of the molecule is C/C(CS(=O)(=O)Oc1ccc(C(=O)c2ccccc2)cc1)=N\O. The van der Waals surface area contributed by atoms with Crippen LogP contribution in [0.2, 0.25) is 0 Å². The molecule has 1 N–H and O–H groups in total. The number of benzene rings is 2. The predicted molar refractivity (Wildman–Crippen MR) is 85.6 cm³/mol. The molecule has 2 aromatic carbocycles. The topological polar surface area (TPSA) is 93.0 Å². The van der Waals surface area contributed by atoms with E-state index in [2.05, 4.69) is 5.16 Å². The van der Waals surface area contributed by atoms with Crippen molar-refractivity contribution in [3.8, 4) is 5.75 Å². The van der Waals surface area contributed by atoms with Crippen LogP contribution in [0.4, 0.5) is 0 Å². The van der Waals surface area contributed by atoms with Crippen LogP contribution in [0.1, 0.15) is 22.8 Å². The maximum Gasteiger partial charge on any atom is 0.314 e. The molecule has 0 atom stereocenters. The van der Waals surface area contributed by atoms with Gasteiger partial charge in [-0.05, 0) is 31.2 Å². The molecule has 0 fully saturated rings. The summed E-state index contributed by atoms with van der Waals surface area (Å²) in [6.45, 7) is 1.36. The summed E-state index contributed by atoms with van der Waals surface area (Å²) in [6.07, 6.45) is 0. The van der Waals surface area contributed by atoms with Gasteiger partial charge < -0.3 is 9.39 Å². The maximum absolute atomic E-state index is 12.2. The van der Waals surface area contributed by atoms with Crippen LogP contribution in [0.3, 0.4) is 0 Å². The number of nitrogens with zero attached hydrogens (tertiary/aromatic N) is 1. The Hall–Kier alpha value is -2.67. The fourth-order valence-corrected chi connectivity index (χ4v) is 2.91. The molecular formula is C16H15NO5S. The number of hydrogen-bond donors (Lipinski definition) is 1. The van der Waals surface area contributed by atoms with Crippen molar-refractivity contribution in [2.75, 3.05) is 5.75 Å². The number of carbonyl (C=O) groups excluding carboxylic acids is 1. The standard InChI is InChI=1S/C16H15NO5S/c1-12(17-19)11-23(20,21)22-15-9-7-14(8-10-15)16(18)13-5-3-2-4-6-13/h2-10,19H,11H2,1H3/b17-12+. The Kier molecular flexibility index (Phi) is 5.13. The normalized spacial score (nSPS) is 12.0. The molecule has 23 heavy (non-hydrogen) atoms. The van der Waals surface area contributed by atoms with Gasteiger partial charge in [-0.2, -0.15) is 8.42 Å². The molecule has 0 aliphatic carbocycles. The van der Waals surface area contributed by atoms with Crippen molar-refractivity contribution in [2.45, 2.75) is 6.92 Å². The quantitative estimate of drug-likeness (QED) is 0.288. The molecule has 2 aromatic rings. The van der Waals surface area contributed by atoms with Gasteiger partial charge in [-0.15, -0.1) is 0 Å². The van der Waals surface area contributed by atoms with Crippen LogP contribution < -0.4 is 4.18 Å². The van der Waals surface area contributed by atoms with Crippen molar-refractivity contribution in [1.29, 1.82) is 0 Å². The molecule has 7 heteroatoms. The zero-order chi connectivity index (χ0) is 16.9. The Morgan fingerprint density at radius 2 is 1.61 bits per heavy atom. The number of ketones is 1. The molecule has 0 bridgehead atoms. The molecule has 120 valence electrons. The molecule has 6 nitrogen and oxygen atoms in total. The average Bonchev–Trinajstić information content (AvgIpc) is 2.54. The highest BCUT2D eigenvalue weighted by atomic mass is 32.2. The average molecular weight is 333 g/mol. The molecule has 0 aromatic heterocycles. The van der Waals surface area contributed by atoms with Crippen molar-refractivity contribution < 1.29 is 22.6 Å². The molecule has 0 amide bonds. The second-order valence-electron chi connectivity index (χ2n) is 4.84. The minimum atomic E-state index is -3.91. The Balaban J connectivity index is 2.13. The van der Waals surface area contributed by atoms with E-state index in [1.165, 1.54) is 31.2 Å². The minimum absolute atomic E-state index is 0.0147. The summed E-state index contributed by atoms with van der Waals surface area (Å²) < 4.78 is 28.3. The van der Waals surface area contributed by atoms with E-state index >= 15 is 0 Å². The molecule has 0 saturated carbocycles. The van der Waals surface area contributed by atoms with Crippen LogP contribution in [0, 0.1) is 0 Å². The summed E-state index contributed by atoms with van der Waals surface area (Å²) in [7, 11) is -3.91. The first-order valence-electron chi connectivity index (χ1n) is 6.71. The fraction of sp³-hybridized carbons (Fsp3) is 0.125. The van der Waals surface area contributed by atoms with Crippen LogP contribution in [0.15, 0.2) is 59.8 Å². The lowest BCUT2D eigenvalue weighted by atomic mass is 10.0. The van der Waals surface area contributed by atoms with Gasteiger partial charge in [-0.25, -0.2) is 0 Å². The van der Waals surface area contributed by atoms with Crippen LogP contribution in [0.25, 0.3) is 0 Å². The predicted octanol–water partition coefficient (Wildman–Crippen LogP) is 2.48. The third-order valence-electron chi connectivity index (χ3n) is 2.93. The van der Waals surface area contributed by atoms with Crippen molar-refractivity contribution in [1.82, 2.24) is 0 Å². The van der Waals surface area contributed by atoms with Crippen molar-refractivity contribution in [3.63, 3.8) is 0 Å². The van der Waals surface area contributed by atoms with Crippen LogP contribution in [0.5, 0.6) is 5.75 Å². The van der Waals surface area contributed by atoms with Gasteiger partial charge in [-0.3, -0.25) is 4.79 Å². The fourth-order valence-electron chi connectivity index (χ4n) is 1.88. The molecular weight excluding hydrogens is 318 g/mol. The summed E-state index contributed by atoms with van der Waals surface area (Å²) in [4.78, 5) is 12.2. The molecule has 0 saturated heterocycles. The van der Waals surface area contributed by atoms with Gasteiger partial charge in [0.15, 0.2) is 5.78 Å². The van der Waals surface area contributed by atoms with Gasteiger partial charge in [0.25, 0.3) is 0 Å². The Morgan fingerprint density at radius 1 is 1.04 bits per heavy atom.